The molecule has 0 radical (unpaired) electrons. The van der Waals surface area contributed by atoms with Gasteiger partial charge in [0, 0.05) is 16.1 Å². The van der Waals surface area contributed by atoms with E-state index in [4.69, 9.17) is 28.0 Å². The van der Waals surface area contributed by atoms with Crippen LogP contribution in [0.15, 0.2) is 74.9 Å². The van der Waals surface area contributed by atoms with E-state index in [1.807, 2.05) is 0 Å². The molecule has 36 heavy (non-hydrogen) atoms. The molecule has 3 aromatic carbocycles. The molecule has 1 aliphatic heterocycles. The van der Waals surface area contributed by atoms with Crippen LogP contribution < -0.4 is 9.08 Å². The summed E-state index contributed by atoms with van der Waals surface area (Å²) in [5, 5.41) is 11.6. The van der Waals surface area contributed by atoms with E-state index in [9.17, 15) is 23.3 Å². The number of thiocarbonyl (C=S) groups is 1. The third-order valence-electron chi connectivity index (χ3n) is 5.00. The first-order chi connectivity index (χ1) is 17.0. The van der Waals surface area contributed by atoms with Gasteiger partial charge >= 0.3 is 10.1 Å². The molecule has 1 saturated heterocycles. The van der Waals surface area contributed by atoms with E-state index in [1.54, 1.807) is 36.4 Å². The maximum Gasteiger partial charge on any atom is 0.339 e. The molecule has 0 unspecified atom stereocenters. The first-order valence-corrected chi connectivity index (χ1v) is 13.8. The molecule has 4 rings (SSSR count). The first kappa shape index (κ1) is 26.3. The molecule has 0 N–H and O–H groups in total. The van der Waals surface area contributed by atoms with Crippen LogP contribution in [0.1, 0.15) is 11.1 Å². The summed E-state index contributed by atoms with van der Waals surface area (Å²) in [5.74, 6) is -0.306. The molecule has 3 aromatic rings. The molecule has 1 amide bonds. The number of thioether (sulfide) groups is 1. The van der Waals surface area contributed by atoms with E-state index in [2.05, 4.69) is 15.9 Å². The van der Waals surface area contributed by atoms with Crippen molar-refractivity contribution in [2.75, 3.05) is 4.90 Å². The lowest BCUT2D eigenvalue weighted by atomic mass is 10.2. The Balaban J connectivity index is 1.53. The lowest BCUT2D eigenvalue weighted by Gasteiger charge is -2.15. The van der Waals surface area contributed by atoms with Gasteiger partial charge in [-0.1, -0.05) is 53.8 Å². The second-order valence-electron chi connectivity index (χ2n) is 7.43. The summed E-state index contributed by atoms with van der Waals surface area (Å²) in [6.07, 6.45) is 1.63. The van der Waals surface area contributed by atoms with Gasteiger partial charge in [0.25, 0.3) is 11.6 Å². The van der Waals surface area contributed by atoms with Crippen molar-refractivity contribution in [3.05, 3.63) is 96.3 Å². The minimum absolute atomic E-state index is 0.00688. The van der Waals surface area contributed by atoms with Crippen molar-refractivity contribution < 1.29 is 22.3 Å². The molecule has 13 heteroatoms. The Bertz CT molecular complexity index is 1560. The Morgan fingerprint density at radius 2 is 1.83 bits per heavy atom. The van der Waals surface area contributed by atoms with E-state index in [-0.39, 0.29) is 22.2 Å². The van der Waals surface area contributed by atoms with Gasteiger partial charge in [-0.15, -0.1) is 0 Å². The van der Waals surface area contributed by atoms with Gasteiger partial charge in [0.15, 0.2) is 4.32 Å². The number of amides is 1. The Kier molecular flexibility index (Phi) is 7.53. The molecule has 0 bridgehead atoms. The van der Waals surface area contributed by atoms with Crippen LogP contribution in [0.4, 0.5) is 11.4 Å². The Morgan fingerprint density at radius 3 is 2.47 bits per heavy atom. The van der Waals surface area contributed by atoms with Gasteiger partial charge < -0.3 is 4.18 Å². The number of rotatable bonds is 6. The molecule has 0 saturated carbocycles. The number of halogens is 2. The van der Waals surface area contributed by atoms with E-state index >= 15 is 0 Å². The average Bonchev–Trinajstić information content (AvgIpc) is 3.09. The molecular formula is C23H14BrClN2O6S3. The zero-order chi connectivity index (χ0) is 26.2. The number of nitro benzene ring substituents is 1. The van der Waals surface area contributed by atoms with Gasteiger partial charge in [0.1, 0.15) is 10.6 Å². The lowest BCUT2D eigenvalue weighted by molar-refractivity contribution is -0.385. The Hall–Kier alpha value is -2.77. The first-order valence-electron chi connectivity index (χ1n) is 9.99. The largest absolute Gasteiger partial charge is 0.379 e. The fourth-order valence-corrected chi connectivity index (χ4v) is 5.87. The van der Waals surface area contributed by atoms with Crippen LogP contribution in [0.25, 0.3) is 6.08 Å². The van der Waals surface area contributed by atoms with Gasteiger partial charge in [-0.3, -0.25) is 19.8 Å². The molecule has 8 nitrogen and oxygen atoms in total. The van der Waals surface area contributed by atoms with E-state index in [0.717, 1.165) is 17.8 Å². The normalized spacial score (nSPS) is 15.0. The zero-order valence-corrected chi connectivity index (χ0v) is 23.0. The van der Waals surface area contributed by atoms with Crippen molar-refractivity contribution >= 4 is 89.3 Å². The highest BCUT2D eigenvalue weighted by Crippen LogP contribution is 2.38. The molecule has 0 atom stereocenters. The molecular weight excluding hydrogens is 612 g/mol. The summed E-state index contributed by atoms with van der Waals surface area (Å²) >= 11 is 16.0. The maximum absolute atomic E-state index is 13.0. The van der Waals surface area contributed by atoms with Gasteiger partial charge in [0.05, 0.1) is 20.5 Å². The quantitative estimate of drug-likeness (QED) is 0.101. The fourth-order valence-electron chi connectivity index (χ4n) is 3.20. The number of hydrogen-bond donors (Lipinski definition) is 0. The predicted octanol–water partition coefficient (Wildman–Crippen LogP) is 6.49. The predicted molar refractivity (Wildman–Crippen MR) is 147 cm³/mol. The monoisotopic (exact) mass is 624 g/mol. The lowest BCUT2D eigenvalue weighted by Crippen LogP contribution is -2.27. The van der Waals surface area contributed by atoms with E-state index in [1.165, 1.54) is 36.1 Å². The van der Waals surface area contributed by atoms with Crippen molar-refractivity contribution in [1.29, 1.82) is 0 Å². The minimum Gasteiger partial charge on any atom is -0.379 e. The van der Waals surface area contributed by atoms with Crippen LogP contribution in [0.5, 0.6) is 5.75 Å². The van der Waals surface area contributed by atoms with E-state index < -0.39 is 15.0 Å². The van der Waals surface area contributed by atoms with Gasteiger partial charge in [-0.25, -0.2) is 0 Å². The van der Waals surface area contributed by atoms with Crippen LogP contribution >= 0.6 is 51.5 Å². The number of anilines is 1. The molecule has 0 aliphatic carbocycles. The smallest absolute Gasteiger partial charge is 0.339 e. The second kappa shape index (κ2) is 10.3. The standard InChI is InChI=1S/C23H14BrClN2O6S3/c1-13-2-8-17(12-20(13)27(29)30)36(31,32)33-16-6-3-14(4-7-16)10-21-22(28)26(23(34)35-21)15-5-9-18(24)19(25)11-15/h2-12H,1H3/b21-10-. The molecule has 184 valence electrons. The van der Waals surface area contributed by atoms with Crippen LogP contribution in [-0.4, -0.2) is 23.6 Å². The number of carbonyl (C=O) groups excluding carboxylic acids is 1. The summed E-state index contributed by atoms with van der Waals surface area (Å²) in [7, 11) is -4.30. The number of aryl methyl sites for hydroxylation is 1. The maximum atomic E-state index is 13.0. The fraction of sp³-hybridized carbons (Fsp3) is 0.0435. The molecule has 0 aromatic heterocycles. The highest BCUT2D eigenvalue weighted by Gasteiger charge is 2.33. The van der Waals surface area contributed by atoms with Crippen LogP contribution in [0.3, 0.4) is 0 Å². The van der Waals surface area contributed by atoms with Crippen LogP contribution in [0.2, 0.25) is 5.02 Å². The number of hydrogen-bond acceptors (Lipinski definition) is 8. The van der Waals surface area contributed by atoms with Crippen molar-refractivity contribution in [1.82, 2.24) is 0 Å². The third kappa shape index (κ3) is 5.47. The Morgan fingerprint density at radius 1 is 1.14 bits per heavy atom. The summed E-state index contributed by atoms with van der Waals surface area (Å²) in [4.78, 5) is 24.9. The van der Waals surface area contributed by atoms with Crippen molar-refractivity contribution in [2.45, 2.75) is 11.8 Å². The topological polar surface area (TPSA) is 107 Å². The number of carbonyl (C=O) groups is 1. The van der Waals surface area contributed by atoms with Gasteiger partial charge in [-0.05, 0) is 70.9 Å². The third-order valence-corrected chi connectivity index (χ3v) is 8.78. The highest BCUT2D eigenvalue weighted by atomic mass is 79.9. The molecule has 1 heterocycles. The molecule has 1 aliphatic rings. The second-order valence-corrected chi connectivity index (χ2v) is 11.9. The SMILES string of the molecule is Cc1ccc(S(=O)(=O)Oc2ccc(/C=C3\SC(=S)N(c4ccc(Br)c(Cl)c4)C3=O)cc2)cc1[N+](=O)[O-]. The number of nitro groups is 1. The summed E-state index contributed by atoms with van der Waals surface area (Å²) in [5.41, 5.74) is 1.16. The molecule has 1 fully saturated rings. The highest BCUT2D eigenvalue weighted by molar-refractivity contribution is 9.10. The van der Waals surface area contributed by atoms with Crippen molar-refractivity contribution in [2.24, 2.45) is 0 Å². The number of nitrogens with zero attached hydrogens (tertiary/aromatic N) is 2. The Labute approximate surface area is 229 Å². The van der Waals surface area contributed by atoms with Crippen LogP contribution in [0, 0.1) is 17.0 Å². The van der Waals surface area contributed by atoms with Gasteiger partial charge in [-0.2, -0.15) is 8.42 Å². The summed E-state index contributed by atoms with van der Waals surface area (Å²) in [6, 6.07) is 14.6. The molecule has 0 spiro atoms. The van der Waals surface area contributed by atoms with Crippen molar-refractivity contribution in [3.8, 4) is 5.75 Å². The van der Waals surface area contributed by atoms with Crippen LogP contribution in [-0.2, 0) is 14.9 Å². The average molecular weight is 626 g/mol. The zero-order valence-electron chi connectivity index (χ0n) is 18.2. The van der Waals surface area contributed by atoms with Gasteiger partial charge in [0.2, 0.25) is 0 Å². The summed E-state index contributed by atoms with van der Waals surface area (Å²) in [6.45, 7) is 1.51. The van der Waals surface area contributed by atoms with E-state index in [0.29, 0.717) is 35.5 Å². The minimum atomic E-state index is -4.30. The van der Waals surface area contributed by atoms with Crippen molar-refractivity contribution in [3.63, 3.8) is 0 Å². The number of benzene rings is 3. The summed E-state index contributed by atoms with van der Waals surface area (Å²) < 4.78 is 31.4.